The summed E-state index contributed by atoms with van der Waals surface area (Å²) in [4.78, 5) is 11.1. The van der Waals surface area contributed by atoms with Gasteiger partial charge in [-0.15, -0.1) is 0 Å². The molecular formula is C15H26O3Si2. The van der Waals surface area contributed by atoms with Crippen molar-refractivity contribution >= 4 is 25.8 Å². The monoisotopic (exact) mass is 310 g/mol. The first kappa shape index (κ1) is 17.3. The second-order valence-corrected chi connectivity index (χ2v) is 7.43. The number of carbonyl (C=O) groups excluding carboxylic acids is 1. The molecule has 112 valence electrons. The van der Waals surface area contributed by atoms with Crippen molar-refractivity contribution in [3.63, 3.8) is 0 Å². The van der Waals surface area contributed by atoms with Crippen LogP contribution in [0, 0.1) is 13.8 Å². The van der Waals surface area contributed by atoms with Gasteiger partial charge in [-0.25, -0.2) is 0 Å². The Labute approximate surface area is 126 Å². The predicted octanol–water partition coefficient (Wildman–Crippen LogP) is 2.02. The van der Waals surface area contributed by atoms with Crippen molar-refractivity contribution in [1.29, 1.82) is 0 Å². The number of carbonyl (C=O) groups is 1. The lowest BCUT2D eigenvalue weighted by molar-refractivity contribution is -0.0433. The molecule has 0 saturated heterocycles. The Morgan fingerprint density at radius 3 is 1.90 bits per heavy atom. The molecule has 1 aromatic rings. The molecule has 1 aromatic carbocycles. The van der Waals surface area contributed by atoms with Crippen LogP contribution in [0.25, 0.3) is 0 Å². The van der Waals surface area contributed by atoms with E-state index in [0.29, 0.717) is 0 Å². The fourth-order valence-electron chi connectivity index (χ4n) is 2.44. The Morgan fingerprint density at radius 1 is 1.10 bits per heavy atom. The van der Waals surface area contributed by atoms with Crippen LogP contribution in [0.2, 0.25) is 13.1 Å². The van der Waals surface area contributed by atoms with Crippen molar-refractivity contribution < 1.29 is 13.6 Å². The summed E-state index contributed by atoms with van der Waals surface area (Å²) in [5, 5.41) is 0. The molecule has 0 atom stereocenters. The summed E-state index contributed by atoms with van der Waals surface area (Å²) in [6.45, 7) is 12.5. The van der Waals surface area contributed by atoms with Crippen LogP contribution in [-0.4, -0.2) is 32.1 Å². The van der Waals surface area contributed by atoms with Gasteiger partial charge in [0.15, 0.2) is 25.8 Å². The van der Waals surface area contributed by atoms with Crippen molar-refractivity contribution in [2.45, 2.75) is 52.5 Å². The number of aryl methyl sites for hydroxylation is 2. The van der Waals surface area contributed by atoms with E-state index in [-0.39, 0.29) is 11.7 Å². The number of aldehydes is 1. The summed E-state index contributed by atoms with van der Waals surface area (Å²) < 4.78 is 11.8. The van der Waals surface area contributed by atoms with E-state index in [1.807, 2.05) is 13.8 Å². The zero-order chi connectivity index (χ0) is 15.3. The summed E-state index contributed by atoms with van der Waals surface area (Å²) in [6.07, 6.45) is 0.765. The number of hydrogen-bond donors (Lipinski definition) is 0. The van der Waals surface area contributed by atoms with Crippen molar-refractivity contribution in [2.75, 3.05) is 0 Å². The van der Waals surface area contributed by atoms with Crippen LogP contribution in [0.15, 0.2) is 12.1 Å². The SMILES string of the molecule is C[SiH2]OC(O[SiH2]C)C(C)(C)c1cc(C)c(C=O)c(C)c1. The maximum atomic E-state index is 11.1. The van der Waals surface area contributed by atoms with E-state index in [1.165, 1.54) is 5.56 Å². The van der Waals surface area contributed by atoms with Gasteiger partial charge in [-0.2, -0.15) is 0 Å². The number of benzene rings is 1. The van der Waals surface area contributed by atoms with Gasteiger partial charge in [0, 0.05) is 11.0 Å². The number of rotatable bonds is 7. The first-order valence-electron chi connectivity index (χ1n) is 7.18. The normalized spacial score (nSPS) is 14.5. The highest BCUT2D eigenvalue weighted by atomic mass is 28.2. The highest BCUT2D eigenvalue weighted by molar-refractivity contribution is 6.26. The van der Waals surface area contributed by atoms with Crippen LogP contribution >= 0.6 is 0 Å². The molecule has 0 N–H and O–H groups in total. The van der Waals surface area contributed by atoms with E-state index in [0.717, 1.165) is 23.0 Å². The first-order valence-corrected chi connectivity index (χ1v) is 11.2. The Bertz CT molecular complexity index is 443. The van der Waals surface area contributed by atoms with E-state index in [2.05, 4.69) is 39.1 Å². The standard InChI is InChI=1S/C15H26O3Si2/c1-10-7-12(8-11(2)13(10)9-16)15(3,4)14(17-19-5)18-20-6/h7-9,14H,19-20H2,1-6H3. The molecule has 0 fully saturated rings. The molecule has 5 heteroatoms. The van der Waals surface area contributed by atoms with Gasteiger partial charge in [-0.05, 0) is 30.5 Å². The summed E-state index contributed by atoms with van der Waals surface area (Å²) in [7, 11) is -1.06. The molecule has 0 bridgehead atoms. The van der Waals surface area contributed by atoms with Gasteiger partial charge in [0.1, 0.15) is 6.29 Å². The van der Waals surface area contributed by atoms with Crippen molar-refractivity contribution in [3.05, 3.63) is 34.4 Å². The molecule has 0 aliphatic rings. The lowest BCUT2D eigenvalue weighted by atomic mass is 9.81. The molecule has 3 nitrogen and oxygen atoms in total. The summed E-state index contributed by atoms with van der Waals surface area (Å²) >= 11 is 0. The zero-order valence-electron chi connectivity index (χ0n) is 13.4. The summed E-state index contributed by atoms with van der Waals surface area (Å²) in [5.74, 6) is 0. The highest BCUT2D eigenvalue weighted by Crippen LogP contribution is 2.32. The third kappa shape index (κ3) is 3.66. The van der Waals surface area contributed by atoms with Gasteiger partial charge in [0.2, 0.25) is 0 Å². The summed E-state index contributed by atoms with van der Waals surface area (Å²) in [6, 6.07) is 4.18. The Kier molecular flexibility index (Phi) is 6.32. The maximum Gasteiger partial charge on any atom is 0.161 e. The van der Waals surface area contributed by atoms with Gasteiger partial charge in [-0.3, -0.25) is 4.79 Å². The van der Waals surface area contributed by atoms with Gasteiger partial charge in [0.05, 0.1) is 0 Å². The molecule has 0 radical (unpaired) electrons. The molecule has 0 unspecified atom stereocenters. The van der Waals surface area contributed by atoms with Gasteiger partial charge in [-0.1, -0.05) is 39.1 Å². The van der Waals surface area contributed by atoms with Gasteiger partial charge < -0.3 is 8.85 Å². The second kappa shape index (κ2) is 7.31. The van der Waals surface area contributed by atoms with Crippen molar-refractivity contribution in [1.82, 2.24) is 0 Å². The molecule has 0 heterocycles. The maximum absolute atomic E-state index is 11.1. The zero-order valence-corrected chi connectivity index (χ0v) is 16.3. The van der Waals surface area contributed by atoms with E-state index >= 15 is 0 Å². The van der Waals surface area contributed by atoms with Crippen LogP contribution in [0.5, 0.6) is 0 Å². The van der Waals surface area contributed by atoms with E-state index < -0.39 is 19.5 Å². The minimum atomic E-state index is -0.529. The molecule has 20 heavy (non-hydrogen) atoms. The smallest absolute Gasteiger partial charge is 0.161 e. The molecule has 0 saturated carbocycles. The van der Waals surface area contributed by atoms with E-state index in [9.17, 15) is 4.79 Å². The lowest BCUT2D eigenvalue weighted by Crippen LogP contribution is -2.39. The van der Waals surface area contributed by atoms with Crippen LogP contribution < -0.4 is 0 Å². The lowest BCUT2D eigenvalue weighted by Gasteiger charge is -2.35. The van der Waals surface area contributed by atoms with Crippen LogP contribution in [0.4, 0.5) is 0 Å². The van der Waals surface area contributed by atoms with E-state index in [4.69, 9.17) is 8.85 Å². The fraction of sp³-hybridized carbons (Fsp3) is 0.533. The minimum absolute atomic E-state index is 0.170. The highest BCUT2D eigenvalue weighted by Gasteiger charge is 2.32. The van der Waals surface area contributed by atoms with Crippen LogP contribution in [0.1, 0.15) is 40.9 Å². The van der Waals surface area contributed by atoms with Crippen LogP contribution in [0.3, 0.4) is 0 Å². The van der Waals surface area contributed by atoms with Gasteiger partial charge >= 0.3 is 0 Å². The Morgan fingerprint density at radius 2 is 1.55 bits per heavy atom. The topological polar surface area (TPSA) is 35.5 Å². The quantitative estimate of drug-likeness (QED) is 0.439. The Balaban J connectivity index is 3.22. The molecule has 0 aliphatic carbocycles. The van der Waals surface area contributed by atoms with Crippen LogP contribution in [-0.2, 0) is 14.3 Å². The molecule has 0 amide bonds. The van der Waals surface area contributed by atoms with E-state index in [1.54, 1.807) is 0 Å². The Hall–Kier alpha value is -0.756. The largest absolute Gasteiger partial charge is 0.400 e. The van der Waals surface area contributed by atoms with Crippen molar-refractivity contribution in [2.24, 2.45) is 0 Å². The second-order valence-electron chi connectivity index (χ2n) is 5.61. The summed E-state index contributed by atoms with van der Waals surface area (Å²) in [5.41, 5.74) is 3.79. The first-order chi connectivity index (χ1) is 9.38. The third-order valence-electron chi connectivity index (χ3n) is 3.68. The molecular weight excluding hydrogens is 284 g/mol. The average molecular weight is 311 g/mol. The minimum Gasteiger partial charge on any atom is -0.400 e. The van der Waals surface area contributed by atoms with Gasteiger partial charge in [0.25, 0.3) is 0 Å². The average Bonchev–Trinajstić information content (AvgIpc) is 2.38. The predicted molar refractivity (Wildman–Crippen MR) is 89.1 cm³/mol. The molecule has 0 aliphatic heterocycles. The van der Waals surface area contributed by atoms with Crippen molar-refractivity contribution in [3.8, 4) is 0 Å². The molecule has 0 aromatic heterocycles. The number of hydrogen-bond acceptors (Lipinski definition) is 3. The third-order valence-corrected chi connectivity index (χ3v) is 4.95. The molecule has 0 spiro atoms. The fourth-order valence-corrected chi connectivity index (χ4v) is 4.26. The molecule has 1 rings (SSSR count).